The van der Waals surface area contributed by atoms with Crippen LogP contribution in [0.5, 0.6) is 5.75 Å². The molecule has 2 aliphatic rings. The second kappa shape index (κ2) is 4.75. The fourth-order valence-corrected chi connectivity index (χ4v) is 2.77. The van der Waals surface area contributed by atoms with Gasteiger partial charge in [-0.2, -0.15) is 0 Å². The van der Waals surface area contributed by atoms with E-state index in [4.69, 9.17) is 10.5 Å². The van der Waals surface area contributed by atoms with Gasteiger partial charge in [0.15, 0.2) is 11.6 Å². The quantitative estimate of drug-likeness (QED) is 0.889. The van der Waals surface area contributed by atoms with Crippen molar-refractivity contribution in [3.63, 3.8) is 0 Å². The van der Waals surface area contributed by atoms with Crippen LogP contribution in [0.2, 0.25) is 0 Å². The van der Waals surface area contributed by atoms with E-state index in [-0.39, 0.29) is 11.2 Å². The Labute approximate surface area is 111 Å². The van der Waals surface area contributed by atoms with Crippen molar-refractivity contribution in [3.05, 3.63) is 29.3 Å². The normalized spacial score (nSPS) is 21.0. The zero-order valence-electron chi connectivity index (χ0n) is 10.9. The summed E-state index contributed by atoms with van der Waals surface area (Å²) in [5, 5.41) is 0. The molecule has 2 aliphatic carbocycles. The van der Waals surface area contributed by atoms with Crippen LogP contribution in [-0.2, 0) is 5.41 Å². The smallest absolute Gasteiger partial charge is 0.168 e. The van der Waals surface area contributed by atoms with Crippen molar-refractivity contribution in [2.24, 2.45) is 11.7 Å². The van der Waals surface area contributed by atoms with E-state index in [1.165, 1.54) is 6.07 Å². The van der Waals surface area contributed by atoms with Gasteiger partial charge in [-0.3, -0.25) is 0 Å². The minimum Gasteiger partial charge on any atom is -0.490 e. The van der Waals surface area contributed by atoms with Gasteiger partial charge in [-0.25, -0.2) is 8.78 Å². The van der Waals surface area contributed by atoms with E-state index in [2.05, 4.69) is 0 Å². The second-order valence-corrected chi connectivity index (χ2v) is 5.86. The van der Waals surface area contributed by atoms with E-state index in [1.54, 1.807) is 0 Å². The van der Waals surface area contributed by atoms with E-state index < -0.39 is 11.6 Å². The summed E-state index contributed by atoms with van der Waals surface area (Å²) in [6.45, 7) is 0.936. The molecular weight excluding hydrogens is 248 g/mol. The molecule has 2 saturated carbocycles. The third kappa shape index (κ3) is 2.34. The Hall–Kier alpha value is -1.16. The summed E-state index contributed by atoms with van der Waals surface area (Å²) in [5.74, 6) is -0.396. The lowest BCUT2D eigenvalue weighted by atomic mass is 9.64. The summed E-state index contributed by atoms with van der Waals surface area (Å²) in [5.41, 5.74) is 6.17. The molecule has 2 N–H and O–H groups in total. The predicted molar refractivity (Wildman–Crippen MR) is 69.2 cm³/mol. The third-order valence-corrected chi connectivity index (χ3v) is 4.44. The number of benzene rings is 1. The molecule has 0 spiro atoms. The maximum atomic E-state index is 14.0. The summed E-state index contributed by atoms with van der Waals surface area (Å²) < 4.78 is 33.1. The number of nitrogens with two attached hydrogens (primary N) is 1. The SMILES string of the molecule is NCC1(c2cc(F)cc(F)c2OCC2CC2)CCC1. The monoisotopic (exact) mass is 267 g/mol. The van der Waals surface area contributed by atoms with Crippen molar-refractivity contribution in [3.8, 4) is 5.75 Å². The molecule has 0 heterocycles. The van der Waals surface area contributed by atoms with Gasteiger partial charge in [0.25, 0.3) is 0 Å². The maximum Gasteiger partial charge on any atom is 0.168 e. The van der Waals surface area contributed by atoms with E-state index in [1.807, 2.05) is 0 Å². The lowest BCUT2D eigenvalue weighted by Gasteiger charge is -2.42. The summed E-state index contributed by atoms with van der Waals surface area (Å²) in [4.78, 5) is 0. The molecule has 1 aromatic carbocycles. The minimum atomic E-state index is -0.602. The van der Waals surface area contributed by atoms with Crippen LogP contribution in [0.15, 0.2) is 12.1 Å². The fourth-order valence-electron chi connectivity index (χ4n) is 2.77. The first-order valence-electron chi connectivity index (χ1n) is 6.97. The number of ether oxygens (including phenoxy) is 1. The van der Waals surface area contributed by atoms with Gasteiger partial charge < -0.3 is 10.5 Å². The van der Waals surface area contributed by atoms with E-state index in [0.29, 0.717) is 24.6 Å². The fraction of sp³-hybridized carbons (Fsp3) is 0.600. The average Bonchev–Trinajstić information content (AvgIpc) is 3.11. The molecule has 2 fully saturated rings. The molecule has 0 saturated heterocycles. The van der Waals surface area contributed by atoms with Crippen LogP contribution in [0.4, 0.5) is 8.78 Å². The Morgan fingerprint density at radius 1 is 1.26 bits per heavy atom. The third-order valence-electron chi connectivity index (χ3n) is 4.44. The Balaban J connectivity index is 1.94. The first kappa shape index (κ1) is 12.9. The van der Waals surface area contributed by atoms with Crippen molar-refractivity contribution in [2.75, 3.05) is 13.2 Å². The van der Waals surface area contributed by atoms with Gasteiger partial charge in [0.05, 0.1) is 6.61 Å². The topological polar surface area (TPSA) is 35.2 Å². The van der Waals surface area contributed by atoms with Gasteiger partial charge in [0, 0.05) is 23.6 Å². The molecule has 0 aromatic heterocycles. The molecule has 0 bridgehead atoms. The maximum absolute atomic E-state index is 14.0. The molecule has 4 heteroatoms. The van der Waals surface area contributed by atoms with Crippen molar-refractivity contribution in [1.29, 1.82) is 0 Å². The zero-order chi connectivity index (χ0) is 13.5. The summed E-state index contributed by atoms with van der Waals surface area (Å²) in [6.07, 6.45) is 5.09. The van der Waals surface area contributed by atoms with Gasteiger partial charge >= 0.3 is 0 Å². The van der Waals surface area contributed by atoms with Crippen molar-refractivity contribution < 1.29 is 13.5 Å². The van der Waals surface area contributed by atoms with Crippen LogP contribution in [0.3, 0.4) is 0 Å². The summed E-state index contributed by atoms with van der Waals surface area (Å²) in [6, 6.07) is 2.30. The van der Waals surface area contributed by atoms with E-state index >= 15 is 0 Å². The minimum absolute atomic E-state index is 0.221. The average molecular weight is 267 g/mol. The first-order chi connectivity index (χ1) is 9.14. The molecule has 0 radical (unpaired) electrons. The summed E-state index contributed by atoms with van der Waals surface area (Å²) >= 11 is 0. The molecule has 0 atom stereocenters. The molecule has 0 aliphatic heterocycles. The largest absolute Gasteiger partial charge is 0.490 e. The highest BCUT2D eigenvalue weighted by Crippen LogP contribution is 2.47. The lowest BCUT2D eigenvalue weighted by Crippen LogP contribution is -2.42. The Morgan fingerprint density at radius 2 is 2.00 bits per heavy atom. The number of halogens is 2. The van der Waals surface area contributed by atoms with Gasteiger partial charge in [-0.15, -0.1) is 0 Å². The highest BCUT2D eigenvalue weighted by molar-refractivity contribution is 5.43. The number of hydrogen-bond acceptors (Lipinski definition) is 2. The molecule has 1 aromatic rings. The van der Waals surface area contributed by atoms with Crippen LogP contribution in [0, 0.1) is 17.6 Å². The van der Waals surface area contributed by atoms with Crippen LogP contribution in [0.1, 0.15) is 37.7 Å². The van der Waals surface area contributed by atoms with E-state index in [9.17, 15) is 8.78 Å². The van der Waals surface area contributed by atoms with Crippen LogP contribution >= 0.6 is 0 Å². The van der Waals surface area contributed by atoms with Gasteiger partial charge in [0.1, 0.15) is 5.82 Å². The molecule has 2 nitrogen and oxygen atoms in total. The highest BCUT2D eigenvalue weighted by atomic mass is 19.1. The van der Waals surface area contributed by atoms with Crippen LogP contribution in [-0.4, -0.2) is 13.2 Å². The molecule has 0 amide bonds. The molecule has 19 heavy (non-hydrogen) atoms. The van der Waals surface area contributed by atoms with Gasteiger partial charge in [-0.05, 0) is 37.7 Å². The lowest BCUT2D eigenvalue weighted by molar-refractivity contribution is 0.224. The van der Waals surface area contributed by atoms with Crippen LogP contribution < -0.4 is 10.5 Å². The molecular formula is C15H19F2NO. The molecule has 0 unspecified atom stereocenters. The standard InChI is InChI=1S/C15H19F2NO/c16-11-6-12(15(9-18)4-1-5-15)14(13(17)7-11)19-8-10-2-3-10/h6-7,10H,1-5,8-9,18H2. The zero-order valence-corrected chi connectivity index (χ0v) is 10.9. The Kier molecular flexibility index (Phi) is 3.21. The molecule has 104 valence electrons. The van der Waals surface area contributed by atoms with Crippen LogP contribution in [0.25, 0.3) is 0 Å². The Morgan fingerprint density at radius 3 is 2.53 bits per heavy atom. The number of rotatable bonds is 5. The highest BCUT2D eigenvalue weighted by Gasteiger charge is 2.41. The van der Waals surface area contributed by atoms with Crippen molar-refractivity contribution in [1.82, 2.24) is 0 Å². The second-order valence-electron chi connectivity index (χ2n) is 5.86. The molecule has 3 rings (SSSR count). The van der Waals surface area contributed by atoms with Gasteiger partial charge in [0.2, 0.25) is 0 Å². The number of hydrogen-bond donors (Lipinski definition) is 1. The first-order valence-corrected chi connectivity index (χ1v) is 6.97. The van der Waals surface area contributed by atoms with E-state index in [0.717, 1.165) is 38.2 Å². The Bertz CT molecular complexity index is 476. The predicted octanol–water partition coefficient (Wildman–Crippen LogP) is 3.13. The summed E-state index contributed by atoms with van der Waals surface area (Å²) in [7, 11) is 0. The van der Waals surface area contributed by atoms with Crippen molar-refractivity contribution >= 4 is 0 Å². The van der Waals surface area contributed by atoms with Crippen molar-refractivity contribution in [2.45, 2.75) is 37.5 Å². The van der Waals surface area contributed by atoms with Gasteiger partial charge in [-0.1, -0.05) is 6.42 Å².